The Labute approximate surface area is 101 Å². The van der Waals surface area contributed by atoms with Gasteiger partial charge < -0.3 is 15.5 Å². The van der Waals surface area contributed by atoms with E-state index < -0.39 is 25.0 Å². The second-order valence-corrected chi connectivity index (χ2v) is 3.80. The Morgan fingerprint density at radius 3 is 2.65 bits per heavy atom. The number of aromatic carboxylic acids is 1. The number of carboxylic acids is 1. The number of rotatable bonds is 5. The average molecular weight is 266 g/mol. The lowest BCUT2D eigenvalue weighted by atomic mass is 10.1. The normalized spacial score (nSPS) is 11.3. The minimum atomic E-state index is -3.31. The number of hydrogen-bond donors (Lipinski definition) is 3. The minimum Gasteiger partial charge on any atom is -0.478 e. The van der Waals surface area contributed by atoms with Gasteiger partial charge in [-0.05, 0) is 18.2 Å². The number of carbonyl (C=O) groups is 1. The first-order valence-corrected chi connectivity index (χ1v) is 4.99. The number of benzene rings is 1. The van der Waals surface area contributed by atoms with Crippen LogP contribution in [0.1, 0.15) is 10.4 Å². The van der Waals surface area contributed by atoms with Crippen LogP contribution in [-0.4, -0.2) is 35.3 Å². The van der Waals surface area contributed by atoms with E-state index in [1.165, 1.54) is 12.1 Å². The molecule has 1 rings (SSSR count). The molecule has 17 heavy (non-hydrogen) atoms. The van der Waals surface area contributed by atoms with Crippen LogP contribution in [-0.2, 0) is 0 Å². The van der Waals surface area contributed by atoms with Crippen LogP contribution >= 0.6 is 11.6 Å². The number of aliphatic hydroxyl groups is 1. The third-order valence-corrected chi connectivity index (χ3v) is 2.22. The maximum absolute atomic E-state index is 12.8. The number of aliphatic hydroxyl groups excluding tert-OH is 1. The van der Waals surface area contributed by atoms with E-state index in [1.54, 1.807) is 0 Å². The molecule has 0 bridgehead atoms. The summed E-state index contributed by atoms with van der Waals surface area (Å²) in [4.78, 5) is 10.8. The van der Waals surface area contributed by atoms with E-state index in [0.29, 0.717) is 0 Å². The molecule has 94 valence electrons. The fraction of sp³-hybridized carbons (Fsp3) is 0.300. The van der Waals surface area contributed by atoms with Crippen LogP contribution in [0.5, 0.6) is 0 Å². The number of hydrogen-bond acceptors (Lipinski definition) is 3. The summed E-state index contributed by atoms with van der Waals surface area (Å²) in [6.07, 6.45) is 0. The van der Waals surface area contributed by atoms with Crippen LogP contribution in [0, 0.1) is 0 Å². The zero-order valence-electron chi connectivity index (χ0n) is 8.58. The number of anilines is 1. The first-order valence-electron chi connectivity index (χ1n) is 4.61. The number of carboxylic acid groups (broad SMARTS) is 1. The Bertz CT molecular complexity index is 426. The summed E-state index contributed by atoms with van der Waals surface area (Å²) in [6.45, 7) is -2.17. The Morgan fingerprint density at radius 2 is 2.12 bits per heavy atom. The highest BCUT2D eigenvalue weighted by Crippen LogP contribution is 2.22. The third-order valence-electron chi connectivity index (χ3n) is 1.98. The fourth-order valence-corrected chi connectivity index (χ4v) is 1.30. The lowest BCUT2D eigenvalue weighted by Gasteiger charge is -2.16. The molecule has 0 aliphatic carbocycles. The van der Waals surface area contributed by atoms with Crippen LogP contribution in [0.2, 0.25) is 5.02 Å². The van der Waals surface area contributed by atoms with Crippen LogP contribution in [0.15, 0.2) is 18.2 Å². The van der Waals surface area contributed by atoms with Crippen molar-refractivity contribution in [3.8, 4) is 0 Å². The average Bonchev–Trinajstić information content (AvgIpc) is 2.27. The van der Waals surface area contributed by atoms with E-state index in [-0.39, 0.29) is 16.3 Å². The molecule has 0 radical (unpaired) electrons. The van der Waals surface area contributed by atoms with Gasteiger partial charge in [0, 0.05) is 10.7 Å². The zero-order chi connectivity index (χ0) is 13.1. The fourth-order valence-electron chi connectivity index (χ4n) is 1.13. The summed E-state index contributed by atoms with van der Waals surface area (Å²) in [5.41, 5.74) is -0.179. The van der Waals surface area contributed by atoms with E-state index in [4.69, 9.17) is 21.8 Å². The topological polar surface area (TPSA) is 69.6 Å². The Kier molecular flexibility index (Phi) is 4.25. The van der Waals surface area contributed by atoms with Gasteiger partial charge in [0.15, 0.2) is 0 Å². The Morgan fingerprint density at radius 1 is 1.47 bits per heavy atom. The van der Waals surface area contributed by atoms with E-state index in [2.05, 4.69) is 5.32 Å². The maximum atomic E-state index is 12.8. The second-order valence-electron chi connectivity index (χ2n) is 3.36. The van der Waals surface area contributed by atoms with Gasteiger partial charge in [0.05, 0.1) is 12.1 Å². The molecule has 0 atom stereocenters. The monoisotopic (exact) mass is 265 g/mol. The molecule has 0 fully saturated rings. The molecule has 1 aromatic carbocycles. The van der Waals surface area contributed by atoms with Gasteiger partial charge in [0.25, 0.3) is 5.92 Å². The summed E-state index contributed by atoms with van der Waals surface area (Å²) < 4.78 is 25.5. The first kappa shape index (κ1) is 13.7. The van der Waals surface area contributed by atoms with E-state index in [9.17, 15) is 13.6 Å². The highest BCUT2D eigenvalue weighted by Gasteiger charge is 2.27. The largest absolute Gasteiger partial charge is 0.478 e. The molecule has 0 heterocycles. The second kappa shape index (κ2) is 5.29. The number of halogens is 3. The molecular formula is C10H10ClF2NO3. The van der Waals surface area contributed by atoms with Gasteiger partial charge in [-0.2, -0.15) is 0 Å². The van der Waals surface area contributed by atoms with Gasteiger partial charge in [-0.15, -0.1) is 0 Å². The highest BCUT2D eigenvalue weighted by molar-refractivity contribution is 6.31. The van der Waals surface area contributed by atoms with Gasteiger partial charge >= 0.3 is 5.97 Å². The standard InChI is InChI=1S/C10H10ClF2NO3/c11-6-1-2-8(7(3-6)9(16)17)14-4-10(12,13)5-15/h1-3,14-15H,4-5H2,(H,16,17). The van der Waals surface area contributed by atoms with Gasteiger partial charge in [-0.1, -0.05) is 11.6 Å². The zero-order valence-corrected chi connectivity index (χ0v) is 9.34. The summed E-state index contributed by atoms with van der Waals surface area (Å²) >= 11 is 5.60. The molecule has 3 N–H and O–H groups in total. The summed E-state index contributed by atoms with van der Waals surface area (Å²) in [7, 11) is 0. The SMILES string of the molecule is O=C(O)c1cc(Cl)ccc1NCC(F)(F)CO. The van der Waals surface area contributed by atoms with E-state index in [0.717, 1.165) is 6.07 Å². The van der Waals surface area contributed by atoms with Crippen molar-refractivity contribution in [2.24, 2.45) is 0 Å². The summed E-state index contributed by atoms with van der Waals surface area (Å²) in [6, 6.07) is 3.83. The third kappa shape index (κ3) is 3.83. The van der Waals surface area contributed by atoms with Crippen molar-refractivity contribution in [2.75, 3.05) is 18.5 Å². The molecule has 0 aliphatic heterocycles. The van der Waals surface area contributed by atoms with Gasteiger partial charge in [-0.3, -0.25) is 0 Å². The molecule has 0 saturated carbocycles. The summed E-state index contributed by atoms with van der Waals surface area (Å²) in [5.74, 6) is -4.59. The van der Waals surface area contributed by atoms with Crippen molar-refractivity contribution in [2.45, 2.75) is 5.92 Å². The van der Waals surface area contributed by atoms with Crippen LogP contribution in [0.25, 0.3) is 0 Å². The molecule has 0 unspecified atom stereocenters. The molecule has 1 aromatic rings. The molecule has 0 saturated heterocycles. The predicted octanol–water partition coefficient (Wildman–Crippen LogP) is 2.08. The summed E-state index contributed by atoms with van der Waals surface area (Å²) in [5, 5.41) is 19.7. The minimum absolute atomic E-state index is 0.0232. The number of alkyl halides is 2. The lowest BCUT2D eigenvalue weighted by Crippen LogP contribution is -2.31. The van der Waals surface area contributed by atoms with Crippen molar-refractivity contribution in [1.82, 2.24) is 0 Å². The molecule has 0 aromatic heterocycles. The molecule has 0 aliphatic rings. The van der Waals surface area contributed by atoms with Crippen molar-refractivity contribution >= 4 is 23.3 Å². The highest BCUT2D eigenvalue weighted by atomic mass is 35.5. The molecular weight excluding hydrogens is 256 g/mol. The van der Waals surface area contributed by atoms with E-state index in [1.807, 2.05) is 0 Å². The molecule has 0 amide bonds. The van der Waals surface area contributed by atoms with Gasteiger partial charge in [-0.25, -0.2) is 13.6 Å². The predicted molar refractivity (Wildman–Crippen MR) is 58.9 cm³/mol. The van der Waals surface area contributed by atoms with Gasteiger partial charge in [0.2, 0.25) is 0 Å². The smallest absolute Gasteiger partial charge is 0.337 e. The Balaban J connectivity index is 2.88. The first-order chi connectivity index (χ1) is 7.85. The lowest BCUT2D eigenvalue weighted by molar-refractivity contribution is -0.0373. The maximum Gasteiger partial charge on any atom is 0.337 e. The quantitative estimate of drug-likeness (QED) is 0.762. The van der Waals surface area contributed by atoms with Crippen LogP contribution in [0.3, 0.4) is 0 Å². The van der Waals surface area contributed by atoms with Crippen LogP contribution < -0.4 is 5.32 Å². The molecule has 7 heteroatoms. The van der Waals surface area contributed by atoms with Crippen molar-refractivity contribution in [1.29, 1.82) is 0 Å². The van der Waals surface area contributed by atoms with E-state index >= 15 is 0 Å². The molecule has 4 nitrogen and oxygen atoms in total. The van der Waals surface area contributed by atoms with Crippen molar-refractivity contribution in [3.05, 3.63) is 28.8 Å². The number of nitrogens with one attached hydrogen (secondary N) is 1. The molecule has 0 spiro atoms. The van der Waals surface area contributed by atoms with Crippen LogP contribution in [0.4, 0.5) is 14.5 Å². The van der Waals surface area contributed by atoms with Crippen molar-refractivity contribution in [3.63, 3.8) is 0 Å². The Hall–Kier alpha value is -1.40. The van der Waals surface area contributed by atoms with Gasteiger partial charge in [0.1, 0.15) is 6.61 Å². The van der Waals surface area contributed by atoms with Crippen molar-refractivity contribution < 1.29 is 23.8 Å².